The minimum absolute atomic E-state index is 0.108. The predicted molar refractivity (Wildman–Crippen MR) is 93.3 cm³/mol. The topological polar surface area (TPSA) is 58.2 Å². The van der Waals surface area contributed by atoms with Crippen LogP contribution in [0.2, 0.25) is 5.02 Å². The van der Waals surface area contributed by atoms with Crippen LogP contribution in [-0.4, -0.2) is 16.6 Å². The maximum atomic E-state index is 12.8. The molecule has 1 aromatic carbocycles. The van der Waals surface area contributed by atoms with Gasteiger partial charge in [-0.2, -0.15) is 0 Å². The highest BCUT2D eigenvalue weighted by Gasteiger charge is 2.80. The summed E-state index contributed by atoms with van der Waals surface area (Å²) in [6, 6.07) is 6.74. The van der Waals surface area contributed by atoms with Gasteiger partial charge in [0, 0.05) is 4.83 Å². The van der Waals surface area contributed by atoms with Crippen LogP contribution in [0.25, 0.3) is 0 Å². The summed E-state index contributed by atoms with van der Waals surface area (Å²) in [5.41, 5.74) is 4.94. The molecule has 6 heteroatoms. The molecule has 3 unspecified atom stereocenters. The first kappa shape index (κ1) is 16.8. The van der Waals surface area contributed by atoms with E-state index in [4.69, 9.17) is 11.6 Å². The Bertz CT molecular complexity index is 693. The van der Waals surface area contributed by atoms with E-state index in [0.29, 0.717) is 10.6 Å². The van der Waals surface area contributed by atoms with E-state index in [2.05, 4.69) is 47.6 Å². The van der Waals surface area contributed by atoms with Gasteiger partial charge >= 0.3 is 0 Å². The molecule has 2 N–H and O–H groups in total. The predicted octanol–water partition coefficient (Wildman–Crippen LogP) is 3.69. The van der Waals surface area contributed by atoms with Gasteiger partial charge in [0.15, 0.2) is 0 Å². The normalized spacial score (nSPS) is 33.7. The van der Waals surface area contributed by atoms with Crippen molar-refractivity contribution in [2.75, 3.05) is 0 Å². The molecule has 4 rings (SSSR count). The van der Waals surface area contributed by atoms with Crippen molar-refractivity contribution in [1.82, 2.24) is 10.9 Å². The third-order valence-electron chi connectivity index (χ3n) is 6.39. The minimum Gasteiger partial charge on any atom is -0.273 e. The van der Waals surface area contributed by atoms with E-state index in [9.17, 15) is 9.59 Å². The lowest BCUT2D eigenvalue weighted by molar-refractivity contribution is -0.162. The van der Waals surface area contributed by atoms with Gasteiger partial charge in [-0.05, 0) is 35.8 Å². The summed E-state index contributed by atoms with van der Waals surface area (Å²) in [6.07, 6.45) is 1.82. The fraction of sp³-hybridized carbons (Fsp3) is 0.529. The SMILES string of the molecule is CC12CCC(C(=O)NNC(=O)c3ccccc3Cl)(C1Br)C2(C)C. The molecule has 0 spiro atoms. The average Bonchev–Trinajstić information content (AvgIpc) is 2.92. The lowest BCUT2D eigenvalue weighted by Crippen LogP contribution is -2.70. The number of carbonyl (C=O) groups excluding carboxylic acids is 2. The number of amides is 2. The lowest BCUT2D eigenvalue weighted by Gasteiger charge is -2.64. The van der Waals surface area contributed by atoms with Crippen molar-refractivity contribution in [3.63, 3.8) is 0 Å². The van der Waals surface area contributed by atoms with E-state index < -0.39 is 11.3 Å². The van der Waals surface area contributed by atoms with Crippen molar-refractivity contribution in [1.29, 1.82) is 0 Å². The van der Waals surface area contributed by atoms with Gasteiger partial charge in [0.1, 0.15) is 0 Å². The summed E-state index contributed by atoms with van der Waals surface area (Å²) in [5, 5.41) is 0.355. The van der Waals surface area contributed by atoms with Crippen LogP contribution in [0.3, 0.4) is 0 Å². The second-order valence-electron chi connectivity index (χ2n) is 7.26. The Hall–Kier alpha value is -1.07. The second kappa shape index (κ2) is 5.21. The molecule has 3 saturated carbocycles. The van der Waals surface area contributed by atoms with E-state index >= 15 is 0 Å². The molecule has 0 saturated heterocycles. The van der Waals surface area contributed by atoms with Gasteiger partial charge in [0.2, 0.25) is 5.91 Å². The zero-order valence-electron chi connectivity index (χ0n) is 13.4. The van der Waals surface area contributed by atoms with E-state index in [1.165, 1.54) is 0 Å². The van der Waals surface area contributed by atoms with Crippen molar-refractivity contribution in [3.8, 4) is 0 Å². The van der Waals surface area contributed by atoms with Crippen molar-refractivity contribution >= 4 is 39.3 Å². The zero-order valence-corrected chi connectivity index (χ0v) is 15.7. The molecule has 124 valence electrons. The highest BCUT2D eigenvalue weighted by Crippen LogP contribution is 2.79. The van der Waals surface area contributed by atoms with Crippen molar-refractivity contribution < 1.29 is 9.59 Å². The van der Waals surface area contributed by atoms with E-state index in [1.54, 1.807) is 24.3 Å². The molecule has 3 aliphatic carbocycles. The highest BCUT2D eigenvalue weighted by molar-refractivity contribution is 9.09. The fourth-order valence-corrected chi connectivity index (χ4v) is 6.43. The van der Waals surface area contributed by atoms with Gasteiger partial charge < -0.3 is 0 Å². The standard InChI is InChI=1S/C17H20BrClN2O2/c1-15(2)16(3)8-9-17(15,13(16)18)14(23)21-20-12(22)10-6-4-5-7-11(10)19/h4-7,13H,8-9H2,1-3H3,(H,20,22)(H,21,23). The highest BCUT2D eigenvalue weighted by atomic mass is 79.9. The first-order valence-corrected chi connectivity index (χ1v) is 8.97. The molecule has 23 heavy (non-hydrogen) atoms. The van der Waals surface area contributed by atoms with Crippen LogP contribution >= 0.6 is 27.5 Å². The monoisotopic (exact) mass is 398 g/mol. The average molecular weight is 400 g/mol. The maximum Gasteiger partial charge on any atom is 0.271 e. The summed E-state index contributed by atoms with van der Waals surface area (Å²) in [7, 11) is 0. The molecule has 0 aromatic heterocycles. The molecule has 3 aliphatic rings. The Morgan fingerprint density at radius 2 is 1.83 bits per heavy atom. The molecule has 4 nitrogen and oxygen atoms in total. The van der Waals surface area contributed by atoms with Crippen LogP contribution in [0.5, 0.6) is 0 Å². The molecule has 2 bridgehead atoms. The Morgan fingerprint density at radius 1 is 1.17 bits per heavy atom. The van der Waals surface area contributed by atoms with Crippen molar-refractivity contribution in [3.05, 3.63) is 34.9 Å². The van der Waals surface area contributed by atoms with Crippen LogP contribution in [-0.2, 0) is 4.79 Å². The largest absolute Gasteiger partial charge is 0.273 e. The first-order valence-electron chi connectivity index (χ1n) is 7.68. The zero-order chi connectivity index (χ0) is 17.0. The third-order valence-corrected chi connectivity index (χ3v) is 8.51. The van der Waals surface area contributed by atoms with Crippen LogP contribution in [0, 0.1) is 16.2 Å². The Morgan fingerprint density at radius 3 is 2.35 bits per heavy atom. The molecule has 2 amide bonds. The summed E-state index contributed by atoms with van der Waals surface area (Å²) in [5.74, 6) is -0.552. The van der Waals surface area contributed by atoms with Crippen LogP contribution < -0.4 is 10.9 Å². The lowest BCUT2D eigenvalue weighted by atomic mass is 9.43. The molecule has 0 radical (unpaired) electrons. The number of carbonyl (C=O) groups is 2. The Kier molecular flexibility index (Phi) is 3.80. The quantitative estimate of drug-likeness (QED) is 0.588. The van der Waals surface area contributed by atoms with Gasteiger partial charge in [-0.3, -0.25) is 20.4 Å². The minimum atomic E-state index is -0.491. The summed E-state index contributed by atoms with van der Waals surface area (Å²) in [4.78, 5) is 25.1. The van der Waals surface area contributed by atoms with Crippen molar-refractivity contribution in [2.45, 2.75) is 38.4 Å². The summed E-state index contributed by atoms with van der Waals surface area (Å²) in [6.45, 7) is 6.48. The Labute approximate surface area is 149 Å². The van der Waals surface area contributed by atoms with Crippen LogP contribution in [0.1, 0.15) is 44.0 Å². The number of rotatable bonds is 2. The van der Waals surface area contributed by atoms with Gasteiger partial charge in [-0.25, -0.2) is 0 Å². The van der Waals surface area contributed by atoms with Crippen LogP contribution in [0.15, 0.2) is 24.3 Å². The first-order chi connectivity index (χ1) is 10.7. The number of alkyl halides is 1. The molecule has 1 aromatic rings. The van der Waals surface area contributed by atoms with Gasteiger partial charge in [-0.15, -0.1) is 0 Å². The molecule has 3 fully saturated rings. The number of fused-ring (bicyclic) bond motifs is 1. The molecule has 0 aliphatic heterocycles. The number of hydrogen-bond donors (Lipinski definition) is 2. The second-order valence-corrected chi connectivity index (χ2v) is 8.59. The third kappa shape index (κ3) is 1.96. The molecular formula is C17H20BrClN2O2. The van der Waals surface area contributed by atoms with Gasteiger partial charge in [0.25, 0.3) is 5.91 Å². The summed E-state index contributed by atoms with van der Waals surface area (Å²) >= 11 is 9.71. The number of hydrogen-bond acceptors (Lipinski definition) is 2. The number of benzene rings is 1. The van der Waals surface area contributed by atoms with Crippen molar-refractivity contribution in [2.24, 2.45) is 16.2 Å². The molecule has 3 atom stereocenters. The number of hydrazine groups is 1. The van der Waals surface area contributed by atoms with E-state index in [-0.39, 0.29) is 21.6 Å². The number of nitrogens with one attached hydrogen (secondary N) is 2. The van der Waals surface area contributed by atoms with E-state index in [0.717, 1.165) is 12.8 Å². The van der Waals surface area contributed by atoms with Gasteiger partial charge in [0.05, 0.1) is 16.0 Å². The molecular weight excluding hydrogens is 380 g/mol. The number of halogens is 2. The van der Waals surface area contributed by atoms with E-state index in [1.807, 2.05) is 0 Å². The molecule has 0 heterocycles. The van der Waals surface area contributed by atoms with Crippen LogP contribution in [0.4, 0.5) is 0 Å². The van der Waals surface area contributed by atoms with Gasteiger partial charge in [-0.1, -0.05) is 60.4 Å². The smallest absolute Gasteiger partial charge is 0.271 e. The summed E-state index contributed by atoms with van der Waals surface area (Å²) < 4.78 is 0. The Balaban J connectivity index is 1.72. The maximum absolute atomic E-state index is 12.8. The fourth-order valence-electron chi connectivity index (χ4n) is 4.39.